The normalized spacial score (nSPS) is 10.5. The maximum absolute atomic E-state index is 13.5. The van der Waals surface area contributed by atoms with Crippen LogP contribution in [0.25, 0.3) is 22.4 Å². The standard InChI is InChI=1S/C18H9BrCl2FN3/c19-13-5-9(2-4-16(13)22)11-7-17(25-18(24)12(11)8-23)10-1-3-14(20)15(21)6-10/h1-7H,(H2,24,25). The van der Waals surface area contributed by atoms with E-state index in [9.17, 15) is 9.65 Å². The molecule has 2 N–H and O–H groups in total. The SMILES string of the molecule is N#Cc1c(-c2ccc(F)c(Br)c2)cc(-c2ccc(Cl)c(Cl)c2)nc1N. The fourth-order valence-electron chi connectivity index (χ4n) is 2.38. The average Bonchev–Trinajstić information content (AvgIpc) is 2.59. The number of nitrogens with two attached hydrogens (primary N) is 1. The minimum absolute atomic E-state index is 0.0847. The van der Waals surface area contributed by atoms with Crippen molar-refractivity contribution in [3.63, 3.8) is 0 Å². The Balaban J connectivity index is 2.24. The lowest BCUT2D eigenvalue weighted by Gasteiger charge is -2.11. The van der Waals surface area contributed by atoms with E-state index < -0.39 is 5.82 Å². The van der Waals surface area contributed by atoms with Crippen LogP contribution in [0, 0.1) is 17.1 Å². The number of rotatable bonds is 2. The summed E-state index contributed by atoms with van der Waals surface area (Å²) in [6, 6.07) is 13.3. The molecular weight excluding hydrogens is 428 g/mol. The van der Waals surface area contributed by atoms with Gasteiger partial charge in [-0.15, -0.1) is 0 Å². The minimum Gasteiger partial charge on any atom is -0.383 e. The van der Waals surface area contributed by atoms with Gasteiger partial charge in [0.1, 0.15) is 23.3 Å². The third-order valence-electron chi connectivity index (χ3n) is 3.61. The summed E-state index contributed by atoms with van der Waals surface area (Å²) >= 11 is 15.2. The maximum Gasteiger partial charge on any atom is 0.142 e. The fourth-order valence-corrected chi connectivity index (χ4v) is 3.05. The van der Waals surface area contributed by atoms with Gasteiger partial charge in [-0.3, -0.25) is 0 Å². The van der Waals surface area contributed by atoms with Gasteiger partial charge < -0.3 is 5.73 Å². The number of hydrogen-bond donors (Lipinski definition) is 1. The van der Waals surface area contributed by atoms with Crippen LogP contribution in [0.15, 0.2) is 46.9 Å². The van der Waals surface area contributed by atoms with E-state index in [1.165, 1.54) is 6.07 Å². The first-order valence-electron chi connectivity index (χ1n) is 7.02. The molecule has 3 rings (SSSR count). The Hall–Kier alpha value is -2.13. The van der Waals surface area contributed by atoms with Crippen molar-refractivity contribution in [3.05, 3.63) is 68.4 Å². The third kappa shape index (κ3) is 3.47. The molecule has 124 valence electrons. The molecule has 0 radical (unpaired) electrons. The van der Waals surface area contributed by atoms with Crippen molar-refractivity contribution < 1.29 is 4.39 Å². The van der Waals surface area contributed by atoms with Crippen LogP contribution in [0.2, 0.25) is 10.0 Å². The van der Waals surface area contributed by atoms with E-state index >= 15 is 0 Å². The number of anilines is 1. The molecule has 3 aromatic rings. The number of pyridine rings is 1. The Morgan fingerprint density at radius 1 is 1.04 bits per heavy atom. The lowest BCUT2D eigenvalue weighted by molar-refractivity contribution is 0.621. The van der Waals surface area contributed by atoms with E-state index in [1.807, 2.05) is 0 Å². The van der Waals surface area contributed by atoms with Crippen LogP contribution in [0.3, 0.4) is 0 Å². The monoisotopic (exact) mass is 435 g/mol. The van der Waals surface area contributed by atoms with Gasteiger partial charge in [0.05, 0.1) is 20.2 Å². The Bertz CT molecular complexity index is 1030. The highest BCUT2D eigenvalue weighted by Crippen LogP contribution is 2.34. The van der Waals surface area contributed by atoms with Crippen molar-refractivity contribution >= 4 is 44.9 Å². The van der Waals surface area contributed by atoms with E-state index in [2.05, 4.69) is 27.0 Å². The van der Waals surface area contributed by atoms with Crippen LogP contribution in [0.5, 0.6) is 0 Å². The Morgan fingerprint density at radius 2 is 1.76 bits per heavy atom. The highest BCUT2D eigenvalue weighted by molar-refractivity contribution is 9.10. The van der Waals surface area contributed by atoms with E-state index in [-0.39, 0.29) is 11.4 Å². The lowest BCUT2D eigenvalue weighted by Crippen LogP contribution is -2.00. The Morgan fingerprint density at radius 3 is 2.40 bits per heavy atom. The highest BCUT2D eigenvalue weighted by Gasteiger charge is 2.15. The van der Waals surface area contributed by atoms with Gasteiger partial charge in [0.15, 0.2) is 0 Å². The first kappa shape index (κ1) is 17.7. The topological polar surface area (TPSA) is 62.7 Å². The molecule has 0 saturated heterocycles. The lowest BCUT2D eigenvalue weighted by atomic mass is 9.98. The summed E-state index contributed by atoms with van der Waals surface area (Å²) in [5.74, 6) is -0.310. The summed E-state index contributed by atoms with van der Waals surface area (Å²) in [6.07, 6.45) is 0. The summed E-state index contributed by atoms with van der Waals surface area (Å²) in [5.41, 5.74) is 8.62. The molecule has 2 aromatic carbocycles. The summed E-state index contributed by atoms with van der Waals surface area (Å²) in [4.78, 5) is 4.28. The Kier molecular flexibility index (Phi) is 4.96. The van der Waals surface area contributed by atoms with Crippen molar-refractivity contribution in [2.75, 3.05) is 5.73 Å². The fraction of sp³-hybridized carbons (Fsp3) is 0. The molecular formula is C18H9BrCl2FN3. The number of nitrogen functional groups attached to an aromatic ring is 1. The number of nitriles is 1. The van der Waals surface area contributed by atoms with E-state index in [0.717, 1.165) is 0 Å². The van der Waals surface area contributed by atoms with Crippen LogP contribution in [-0.4, -0.2) is 4.98 Å². The molecule has 25 heavy (non-hydrogen) atoms. The highest BCUT2D eigenvalue weighted by atomic mass is 79.9. The van der Waals surface area contributed by atoms with Gasteiger partial charge in [-0.2, -0.15) is 5.26 Å². The first-order valence-corrected chi connectivity index (χ1v) is 8.57. The molecule has 0 fully saturated rings. The van der Waals surface area contributed by atoms with Gasteiger partial charge >= 0.3 is 0 Å². The van der Waals surface area contributed by atoms with E-state index in [4.69, 9.17) is 28.9 Å². The summed E-state index contributed by atoms with van der Waals surface area (Å²) in [5, 5.41) is 10.2. The van der Waals surface area contributed by atoms with E-state index in [1.54, 1.807) is 36.4 Å². The largest absolute Gasteiger partial charge is 0.383 e. The van der Waals surface area contributed by atoms with Crippen molar-refractivity contribution in [1.29, 1.82) is 5.26 Å². The third-order valence-corrected chi connectivity index (χ3v) is 4.95. The van der Waals surface area contributed by atoms with Gasteiger partial charge in [-0.1, -0.05) is 35.3 Å². The summed E-state index contributed by atoms with van der Waals surface area (Å²) in [7, 11) is 0. The predicted octanol–water partition coefficient (Wildman–Crippen LogP) is 6.08. The Labute approximate surface area is 162 Å². The molecule has 0 saturated carbocycles. The predicted molar refractivity (Wildman–Crippen MR) is 102 cm³/mol. The van der Waals surface area contributed by atoms with Gasteiger partial charge in [0.2, 0.25) is 0 Å². The van der Waals surface area contributed by atoms with Crippen molar-refractivity contribution in [3.8, 4) is 28.5 Å². The molecule has 0 atom stereocenters. The molecule has 1 aromatic heterocycles. The second-order valence-electron chi connectivity index (χ2n) is 5.18. The van der Waals surface area contributed by atoms with E-state index in [0.29, 0.717) is 36.9 Å². The zero-order chi connectivity index (χ0) is 18.1. The van der Waals surface area contributed by atoms with Gasteiger partial charge in [0, 0.05) is 11.1 Å². The quantitative estimate of drug-likeness (QED) is 0.529. The first-order chi connectivity index (χ1) is 11.9. The van der Waals surface area contributed by atoms with Crippen LogP contribution in [0.4, 0.5) is 10.2 Å². The molecule has 0 bridgehead atoms. The van der Waals surface area contributed by atoms with Crippen LogP contribution >= 0.6 is 39.1 Å². The molecule has 0 unspecified atom stereocenters. The van der Waals surface area contributed by atoms with Crippen LogP contribution in [0.1, 0.15) is 5.56 Å². The smallest absolute Gasteiger partial charge is 0.142 e. The molecule has 3 nitrogen and oxygen atoms in total. The van der Waals surface area contributed by atoms with Crippen LogP contribution in [-0.2, 0) is 0 Å². The van der Waals surface area contributed by atoms with Crippen LogP contribution < -0.4 is 5.73 Å². The zero-order valence-electron chi connectivity index (χ0n) is 12.5. The molecule has 0 aliphatic heterocycles. The number of halogens is 4. The van der Waals surface area contributed by atoms with Gasteiger partial charge in [-0.05, 0) is 51.8 Å². The van der Waals surface area contributed by atoms with Crippen molar-refractivity contribution in [2.24, 2.45) is 0 Å². The number of hydrogen-bond acceptors (Lipinski definition) is 3. The molecule has 0 aliphatic carbocycles. The second kappa shape index (κ2) is 7.01. The van der Waals surface area contributed by atoms with Crippen molar-refractivity contribution in [1.82, 2.24) is 4.98 Å². The molecule has 0 spiro atoms. The number of aromatic nitrogens is 1. The number of benzene rings is 2. The summed E-state index contributed by atoms with van der Waals surface area (Å²) < 4.78 is 13.8. The number of nitrogens with zero attached hydrogens (tertiary/aromatic N) is 2. The second-order valence-corrected chi connectivity index (χ2v) is 6.85. The zero-order valence-corrected chi connectivity index (χ0v) is 15.6. The molecule has 7 heteroatoms. The van der Waals surface area contributed by atoms with Crippen molar-refractivity contribution in [2.45, 2.75) is 0 Å². The molecule has 0 aliphatic rings. The molecule has 0 amide bonds. The minimum atomic E-state index is -0.394. The summed E-state index contributed by atoms with van der Waals surface area (Å²) in [6.45, 7) is 0. The van der Waals surface area contributed by atoms with Gasteiger partial charge in [0.25, 0.3) is 0 Å². The van der Waals surface area contributed by atoms with Gasteiger partial charge in [-0.25, -0.2) is 9.37 Å². The maximum atomic E-state index is 13.5. The molecule has 1 heterocycles. The average molecular weight is 437 g/mol.